The number of nitrogens with one attached hydrogen (secondary N) is 1. The number of benzene rings is 1. The van der Waals surface area contributed by atoms with Gasteiger partial charge in [-0.05, 0) is 18.6 Å². The van der Waals surface area contributed by atoms with Crippen molar-refractivity contribution < 1.29 is 8.78 Å². The monoisotopic (exact) mass is 237 g/mol. The van der Waals surface area contributed by atoms with E-state index in [4.69, 9.17) is 5.73 Å². The summed E-state index contributed by atoms with van der Waals surface area (Å²) in [4.78, 5) is 0. The molecule has 1 heterocycles. The minimum atomic E-state index is -0.619. The lowest BCUT2D eigenvalue weighted by Gasteiger charge is -2.04. The topological polar surface area (TPSA) is 54.7 Å². The van der Waals surface area contributed by atoms with Gasteiger partial charge in [0.1, 0.15) is 17.5 Å². The maximum Gasteiger partial charge on any atom is 0.149 e. The predicted octanol–water partition coefficient (Wildman–Crippen LogP) is 2.89. The number of aromatic nitrogens is 2. The molecule has 0 aliphatic carbocycles. The number of rotatable bonds is 3. The Labute approximate surface area is 97.7 Å². The molecule has 0 saturated heterocycles. The van der Waals surface area contributed by atoms with Gasteiger partial charge in [-0.1, -0.05) is 13.3 Å². The van der Waals surface area contributed by atoms with Gasteiger partial charge in [0.15, 0.2) is 0 Å². The van der Waals surface area contributed by atoms with Crippen LogP contribution in [0.2, 0.25) is 0 Å². The molecule has 0 saturated carbocycles. The van der Waals surface area contributed by atoms with Crippen molar-refractivity contribution in [2.45, 2.75) is 19.8 Å². The van der Waals surface area contributed by atoms with Gasteiger partial charge < -0.3 is 5.73 Å². The first-order valence-corrected chi connectivity index (χ1v) is 5.41. The molecular weight excluding hydrogens is 224 g/mol. The molecule has 3 nitrogen and oxygen atoms in total. The van der Waals surface area contributed by atoms with E-state index in [1.54, 1.807) is 0 Å². The molecule has 17 heavy (non-hydrogen) atoms. The van der Waals surface area contributed by atoms with E-state index in [1.807, 2.05) is 6.92 Å². The molecule has 0 amide bonds. The van der Waals surface area contributed by atoms with Gasteiger partial charge in [-0.25, -0.2) is 8.78 Å². The molecule has 1 aromatic carbocycles. The Hall–Kier alpha value is -1.91. The van der Waals surface area contributed by atoms with Crippen molar-refractivity contribution in [1.29, 1.82) is 0 Å². The summed E-state index contributed by atoms with van der Waals surface area (Å²) in [5, 5.41) is 6.57. The molecular formula is C12H13F2N3. The van der Waals surface area contributed by atoms with Crippen molar-refractivity contribution >= 4 is 5.82 Å². The van der Waals surface area contributed by atoms with E-state index in [0.29, 0.717) is 23.5 Å². The molecule has 90 valence electrons. The highest BCUT2D eigenvalue weighted by atomic mass is 19.1. The fourth-order valence-electron chi connectivity index (χ4n) is 1.80. The molecule has 2 aromatic rings. The number of hydrogen-bond donors (Lipinski definition) is 2. The molecule has 0 aliphatic heterocycles. The van der Waals surface area contributed by atoms with Crippen LogP contribution < -0.4 is 5.73 Å². The second-order valence-corrected chi connectivity index (χ2v) is 3.84. The van der Waals surface area contributed by atoms with Crippen molar-refractivity contribution in [1.82, 2.24) is 10.2 Å². The zero-order valence-corrected chi connectivity index (χ0v) is 9.43. The third-order valence-corrected chi connectivity index (χ3v) is 2.60. The van der Waals surface area contributed by atoms with Crippen LogP contribution in [0.1, 0.15) is 18.9 Å². The highest BCUT2D eigenvalue weighted by Gasteiger charge is 2.15. The smallest absolute Gasteiger partial charge is 0.149 e. The maximum atomic E-state index is 13.6. The zero-order chi connectivity index (χ0) is 12.4. The van der Waals surface area contributed by atoms with E-state index in [9.17, 15) is 8.78 Å². The summed E-state index contributed by atoms with van der Waals surface area (Å²) in [7, 11) is 0. The number of nitrogens with zero attached hydrogens (tertiary/aromatic N) is 1. The first kappa shape index (κ1) is 11.6. The van der Waals surface area contributed by atoms with Gasteiger partial charge in [0.25, 0.3) is 0 Å². The van der Waals surface area contributed by atoms with Crippen molar-refractivity contribution in [2.24, 2.45) is 0 Å². The summed E-state index contributed by atoms with van der Waals surface area (Å²) in [6.07, 6.45) is 1.58. The summed E-state index contributed by atoms with van der Waals surface area (Å²) in [6, 6.07) is 3.45. The Morgan fingerprint density at radius 3 is 2.76 bits per heavy atom. The van der Waals surface area contributed by atoms with Crippen LogP contribution in [-0.2, 0) is 6.42 Å². The number of halogens is 2. The SMILES string of the molecule is CCCc1c(N)n[nH]c1-c1ccc(F)cc1F. The molecule has 0 bridgehead atoms. The number of nitrogens with two attached hydrogens (primary N) is 1. The fraction of sp³-hybridized carbons (Fsp3) is 0.250. The summed E-state index contributed by atoms with van der Waals surface area (Å²) in [5.74, 6) is -0.854. The van der Waals surface area contributed by atoms with Crippen molar-refractivity contribution in [2.75, 3.05) is 5.73 Å². The van der Waals surface area contributed by atoms with Crippen LogP contribution in [0, 0.1) is 11.6 Å². The van der Waals surface area contributed by atoms with Gasteiger partial charge in [-0.2, -0.15) is 5.10 Å². The summed E-state index contributed by atoms with van der Waals surface area (Å²) < 4.78 is 26.5. The molecule has 0 spiro atoms. The Kier molecular flexibility index (Phi) is 3.08. The summed E-state index contributed by atoms with van der Waals surface area (Å²) in [6.45, 7) is 2.00. The molecule has 0 radical (unpaired) electrons. The fourth-order valence-corrected chi connectivity index (χ4v) is 1.80. The standard InChI is InChI=1S/C12H13F2N3/c1-2-3-9-11(16-17-12(9)15)8-5-4-7(13)6-10(8)14/h4-6H,2-3H2,1H3,(H3,15,16,17). The normalized spacial score (nSPS) is 10.8. The van der Waals surface area contributed by atoms with E-state index in [-0.39, 0.29) is 0 Å². The van der Waals surface area contributed by atoms with Crippen LogP contribution in [0.4, 0.5) is 14.6 Å². The Morgan fingerprint density at radius 2 is 2.12 bits per heavy atom. The molecule has 2 rings (SSSR count). The van der Waals surface area contributed by atoms with Crippen LogP contribution >= 0.6 is 0 Å². The van der Waals surface area contributed by atoms with Crippen LogP contribution in [0.15, 0.2) is 18.2 Å². The van der Waals surface area contributed by atoms with E-state index in [0.717, 1.165) is 18.1 Å². The molecule has 5 heteroatoms. The van der Waals surface area contributed by atoms with Crippen molar-refractivity contribution in [3.05, 3.63) is 35.4 Å². The number of hydrogen-bond acceptors (Lipinski definition) is 2. The molecule has 0 fully saturated rings. The predicted molar refractivity (Wildman–Crippen MR) is 62.3 cm³/mol. The van der Waals surface area contributed by atoms with E-state index in [1.165, 1.54) is 12.1 Å². The van der Waals surface area contributed by atoms with Crippen LogP contribution in [0.5, 0.6) is 0 Å². The average Bonchev–Trinajstić information content (AvgIpc) is 2.62. The van der Waals surface area contributed by atoms with Gasteiger partial charge >= 0.3 is 0 Å². The van der Waals surface area contributed by atoms with Crippen LogP contribution in [-0.4, -0.2) is 10.2 Å². The lowest BCUT2D eigenvalue weighted by molar-refractivity contribution is 0.585. The minimum Gasteiger partial charge on any atom is -0.382 e. The lowest BCUT2D eigenvalue weighted by Crippen LogP contribution is -1.94. The first-order chi connectivity index (χ1) is 8.13. The van der Waals surface area contributed by atoms with Crippen LogP contribution in [0.25, 0.3) is 11.3 Å². The number of aromatic amines is 1. The average molecular weight is 237 g/mol. The van der Waals surface area contributed by atoms with Gasteiger partial charge in [-0.3, -0.25) is 5.10 Å². The second-order valence-electron chi connectivity index (χ2n) is 3.84. The Balaban J connectivity index is 2.52. The quantitative estimate of drug-likeness (QED) is 0.862. The maximum absolute atomic E-state index is 13.6. The number of H-pyrrole nitrogens is 1. The number of nitrogen functional groups attached to an aromatic ring is 1. The highest BCUT2D eigenvalue weighted by Crippen LogP contribution is 2.28. The van der Waals surface area contributed by atoms with Crippen LogP contribution in [0.3, 0.4) is 0 Å². The summed E-state index contributed by atoms with van der Waals surface area (Å²) in [5.41, 5.74) is 7.30. The highest BCUT2D eigenvalue weighted by molar-refractivity contribution is 5.68. The Morgan fingerprint density at radius 1 is 1.35 bits per heavy atom. The molecule has 0 unspecified atom stereocenters. The lowest BCUT2D eigenvalue weighted by atomic mass is 10.0. The second kappa shape index (κ2) is 4.53. The minimum absolute atomic E-state index is 0.291. The molecule has 3 N–H and O–H groups in total. The third kappa shape index (κ3) is 2.13. The Bertz CT molecular complexity index is 535. The van der Waals surface area contributed by atoms with Gasteiger partial charge in [0, 0.05) is 17.2 Å². The van der Waals surface area contributed by atoms with E-state index >= 15 is 0 Å². The van der Waals surface area contributed by atoms with E-state index in [2.05, 4.69) is 10.2 Å². The van der Waals surface area contributed by atoms with Crippen molar-refractivity contribution in [3.8, 4) is 11.3 Å². The van der Waals surface area contributed by atoms with Gasteiger partial charge in [-0.15, -0.1) is 0 Å². The van der Waals surface area contributed by atoms with E-state index < -0.39 is 11.6 Å². The molecule has 0 atom stereocenters. The largest absolute Gasteiger partial charge is 0.382 e. The number of anilines is 1. The molecule has 0 aliphatic rings. The van der Waals surface area contributed by atoms with Crippen molar-refractivity contribution in [3.63, 3.8) is 0 Å². The summed E-state index contributed by atoms with van der Waals surface area (Å²) >= 11 is 0. The third-order valence-electron chi connectivity index (χ3n) is 2.60. The van der Waals surface area contributed by atoms with Gasteiger partial charge in [0.05, 0.1) is 5.69 Å². The molecule has 1 aromatic heterocycles. The van der Waals surface area contributed by atoms with Gasteiger partial charge in [0.2, 0.25) is 0 Å². The first-order valence-electron chi connectivity index (χ1n) is 5.41. The zero-order valence-electron chi connectivity index (χ0n) is 9.43.